The number of benzene rings is 2. The Morgan fingerprint density at radius 2 is 1.91 bits per heavy atom. The zero-order chi connectivity index (χ0) is 22.2. The number of nitrogens with zero attached hydrogens (tertiary/aromatic N) is 2. The van der Waals surface area contributed by atoms with Crippen molar-refractivity contribution in [1.82, 2.24) is 9.80 Å². The lowest BCUT2D eigenvalue weighted by Crippen LogP contribution is -2.47. The third-order valence-electron chi connectivity index (χ3n) is 6.10. The normalized spacial score (nSPS) is 17.7. The molecule has 1 aromatic heterocycles. The van der Waals surface area contributed by atoms with E-state index in [4.69, 9.17) is 0 Å². The molecule has 0 spiro atoms. The maximum absolute atomic E-state index is 13.6. The first-order valence-corrected chi connectivity index (χ1v) is 12.4. The molecule has 0 N–H and O–H groups in total. The van der Waals surface area contributed by atoms with Gasteiger partial charge in [-0.15, -0.1) is 11.3 Å². The Morgan fingerprint density at radius 3 is 2.62 bits per heavy atom. The van der Waals surface area contributed by atoms with Gasteiger partial charge in [0.15, 0.2) is 0 Å². The van der Waals surface area contributed by atoms with Crippen LogP contribution in [0.1, 0.15) is 45.2 Å². The summed E-state index contributed by atoms with van der Waals surface area (Å²) in [5.74, 6) is -0.493. The molecule has 7 heteroatoms. The van der Waals surface area contributed by atoms with Crippen molar-refractivity contribution in [3.05, 3.63) is 91.8 Å². The summed E-state index contributed by atoms with van der Waals surface area (Å²) >= 11 is 5.12. The van der Waals surface area contributed by atoms with Gasteiger partial charge in [0.2, 0.25) is 5.91 Å². The molecule has 1 aliphatic carbocycles. The molecule has 32 heavy (non-hydrogen) atoms. The summed E-state index contributed by atoms with van der Waals surface area (Å²) in [6.07, 6.45) is 2.63. The van der Waals surface area contributed by atoms with Gasteiger partial charge in [0, 0.05) is 27.5 Å². The fraction of sp³-hybridized carbons (Fsp3) is 0.280. The van der Waals surface area contributed by atoms with Crippen molar-refractivity contribution in [1.29, 1.82) is 0 Å². The summed E-state index contributed by atoms with van der Waals surface area (Å²) in [6.45, 7) is 0.630. The number of amides is 2. The lowest BCUT2D eigenvalue weighted by atomic mass is 9.93. The quantitative estimate of drug-likeness (QED) is 0.457. The van der Waals surface area contributed by atoms with Crippen molar-refractivity contribution in [2.45, 2.75) is 31.3 Å². The van der Waals surface area contributed by atoms with Crippen LogP contribution in [0.15, 0.2) is 64.5 Å². The van der Waals surface area contributed by atoms with Gasteiger partial charge in [-0.1, -0.05) is 34.1 Å². The highest BCUT2D eigenvalue weighted by Crippen LogP contribution is 2.38. The molecule has 1 unspecified atom stereocenters. The molecule has 4 nitrogen and oxygen atoms in total. The summed E-state index contributed by atoms with van der Waals surface area (Å²) in [5, 5.41) is 2.04. The first kappa shape index (κ1) is 21.3. The zero-order valence-corrected chi connectivity index (χ0v) is 19.7. The maximum Gasteiger partial charge on any atom is 0.254 e. The van der Waals surface area contributed by atoms with Gasteiger partial charge in [-0.05, 0) is 72.2 Å². The van der Waals surface area contributed by atoms with Crippen molar-refractivity contribution < 1.29 is 14.0 Å². The van der Waals surface area contributed by atoms with Gasteiger partial charge in [0.05, 0.1) is 6.04 Å². The number of carbonyl (C=O) groups excluding carboxylic acids is 2. The second-order valence-electron chi connectivity index (χ2n) is 8.26. The van der Waals surface area contributed by atoms with Gasteiger partial charge in [0.25, 0.3) is 5.91 Å². The molecule has 1 aliphatic heterocycles. The van der Waals surface area contributed by atoms with E-state index in [1.807, 2.05) is 22.4 Å². The van der Waals surface area contributed by atoms with Crippen LogP contribution in [0.25, 0.3) is 0 Å². The summed E-state index contributed by atoms with van der Waals surface area (Å²) in [5.41, 5.74) is 2.56. The first-order valence-electron chi connectivity index (χ1n) is 10.7. The van der Waals surface area contributed by atoms with Crippen molar-refractivity contribution in [3.63, 3.8) is 0 Å². The third kappa shape index (κ3) is 4.24. The van der Waals surface area contributed by atoms with Gasteiger partial charge in [-0.3, -0.25) is 9.59 Å². The topological polar surface area (TPSA) is 40.6 Å². The molecule has 5 rings (SSSR count). The van der Waals surface area contributed by atoms with Gasteiger partial charge in [-0.2, -0.15) is 0 Å². The van der Waals surface area contributed by atoms with E-state index >= 15 is 0 Å². The molecule has 1 atom stereocenters. The molecule has 2 heterocycles. The smallest absolute Gasteiger partial charge is 0.254 e. The van der Waals surface area contributed by atoms with Gasteiger partial charge in [-0.25, -0.2) is 4.39 Å². The molecule has 0 saturated heterocycles. The standard InChI is InChI=1S/C25H22BrFN2O2S/c26-18-3-1-2-17(14-18)25(31)29(20-8-9-20)15-23(30)28-12-10-22-21(11-13-32-22)24(28)16-4-6-19(27)7-5-16/h1-7,11,13-14,20,24H,8-10,12,15H2. The summed E-state index contributed by atoms with van der Waals surface area (Å²) in [4.78, 5) is 31.6. The van der Waals surface area contributed by atoms with Crippen LogP contribution in [-0.2, 0) is 11.2 Å². The van der Waals surface area contributed by atoms with Crippen molar-refractivity contribution >= 4 is 39.1 Å². The van der Waals surface area contributed by atoms with Crippen LogP contribution < -0.4 is 0 Å². The highest BCUT2D eigenvalue weighted by atomic mass is 79.9. The summed E-state index contributed by atoms with van der Waals surface area (Å²) < 4.78 is 14.4. The number of carbonyl (C=O) groups is 2. The average molecular weight is 513 g/mol. The van der Waals surface area contributed by atoms with E-state index in [2.05, 4.69) is 22.0 Å². The number of halogens is 2. The Balaban J connectivity index is 1.43. The second-order valence-corrected chi connectivity index (χ2v) is 10.2. The molecule has 2 amide bonds. The molecule has 1 saturated carbocycles. The number of fused-ring (bicyclic) bond motifs is 1. The van der Waals surface area contributed by atoms with Gasteiger partial charge >= 0.3 is 0 Å². The van der Waals surface area contributed by atoms with Crippen molar-refractivity contribution in [2.75, 3.05) is 13.1 Å². The lowest BCUT2D eigenvalue weighted by molar-refractivity contribution is -0.134. The Hall–Kier alpha value is -2.51. The molecule has 164 valence electrons. The molecule has 3 aromatic rings. The maximum atomic E-state index is 13.6. The number of hydrogen-bond acceptors (Lipinski definition) is 3. The molecular weight excluding hydrogens is 491 g/mol. The van der Waals surface area contributed by atoms with Crippen LogP contribution in [0, 0.1) is 5.82 Å². The lowest BCUT2D eigenvalue weighted by Gasteiger charge is -2.37. The number of thiophene rings is 1. The van der Waals surface area contributed by atoms with Crippen LogP contribution in [-0.4, -0.2) is 40.7 Å². The van der Waals surface area contributed by atoms with Gasteiger partial charge in [0.1, 0.15) is 12.4 Å². The van der Waals surface area contributed by atoms with Crippen molar-refractivity contribution in [3.8, 4) is 0 Å². The van der Waals surface area contributed by atoms with Crippen molar-refractivity contribution in [2.24, 2.45) is 0 Å². The molecular formula is C25H22BrFN2O2S. The zero-order valence-electron chi connectivity index (χ0n) is 17.3. The monoisotopic (exact) mass is 512 g/mol. The Labute approximate surface area is 198 Å². The molecule has 0 bridgehead atoms. The number of hydrogen-bond donors (Lipinski definition) is 0. The van der Waals surface area contributed by atoms with E-state index in [0.29, 0.717) is 12.1 Å². The van der Waals surface area contributed by atoms with E-state index in [0.717, 1.165) is 34.9 Å². The van der Waals surface area contributed by atoms with Gasteiger partial charge < -0.3 is 9.80 Å². The largest absolute Gasteiger partial charge is 0.330 e. The Kier molecular flexibility index (Phi) is 5.86. The fourth-order valence-corrected chi connectivity index (χ4v) is 5.67. The summed E-state index contributed by atoms with van der Waals surface area (Å²) in [6, 6.07) is 15.6. The molecule has 2 aliphatic rings. The van der Waals surface area contributed by atoms with Crippen LogP contribution >= 0.6 is 27.3 Å². The minimum absolute atomic E-state index is 0.0488. The predicted molar refractivity (Wildman–Crippen MR) is 126 cm³/mol. The molecule has 2 aromatic carbocycles. The SMILES string of the molecule is O=C(c1cccc(Br)c1)N(CC(=O)N1CCc2sccc2C1c1ccc(F)cc1)C1CC1. The fourth-order valence-electron chi connectivity index (χ4n) is 4.37. The average Bonchev–Trinajstić information content (AvgIpc) is 3.52. The van der Waals surface area contributed by atoms with Crippen LogP contribution in [0.2, 0.25) is 0 Å². The van der Waals surface area contributed by atoms with Crippen LogP contribution in [0.5, 0.6) is 0 Å². The van der Waals surface area contributed by atoms with E-state index in [1.165, 1.54) is 17.0 Å². The van der Waals surface area contributed by atoms with Crippen LogP contribution in [0.4, 0.5) is 4.39 Å². The first-order chi connectivity index (χ1) is 15.5. The summed E-state index contributed by atoms with van der Waals surface area (Å²) in [7, 11) is 0. The minimum atomic E-state index is -0.299. The highest BCUT2D eigenvalue weighted by Gasteiger charge is 2.38. The van der Waals surface area contributed by atoms with Crippen LogP contribution in [0.3, 0.4) is 0 Å². The van der Waals surface area contributed by atoms with E-state index in [1.54, 1.807) is 40.5 Å². The Morgan fingerprint density at radius 1 is 1.12 bits per heavy atom. The molecule has 0 radical (unpaired) electrons. The minimum Gasteiger partial charge on any atom is -0.330 e. The van der Waals surface area contributed by atoms with E-state index < -0.39 is 0 Å². The molecule has 1 fully saturated rings. The number of rotatable bonds is 5. The van der Waals surface area contributed by atoms with E-state index in [-0.39, 0.29) is 36.3 Å². The highest BCUT2D eigenvalue weighted by molar-refractivity contribution is 9.10. The third-order valence-corrected chi connectivity index (χ3v) is 7.59. The van der Waals surface area contributed by atoms with E-state index in [9.17, 15) is 14.0 Å². The predicted octanol–water partition coefficient (Wildman–Crippen LogP) is 5.43. The Bertz CT molecular complexity index is 1160. The second kappa shape index (κ2) is 8.79.